The van der Waals surface area contributed by atoms with Crippen molar-refractivity contribution in [2.45, 2.75) is 6.42 Å². The zero-order chi connectivity index (χ0) is 4.41. The summed E-state index contributed by atoms with van der Waals surface area (Å²) in [7, 11) is 0. The van der Waals surface area contributed by atoms with Crippen molar-refractivity contribution in [1.82, 2.24) is 0 Å². The van der Waals surface area contributed by atoms with Crippen molar-refractivity contribution in [3.8, 4) is 0 Å². The molecule has 2 radical (unpaired) electrons. The maximum absolute atomic E-state index is 5.17. The van der Waals surface area contributed by atoms with E-state index in [1.54, 1.807) is 0 Å². The fourth-order valence-electron chi connectivity index (χ4n) is 0.416. The number of amidine groups is 1. The van der Waals surface area contributed by atoms with Gasteiger partial charge in [-0.25, -0.2) is 0 Å². The van der Waals surface area contributed by atoms with Crippen LogP contribution in [0.1, 0.15) is 6.42 Å². The van der Waals surface area contributed by atoms with Crippen molar-refractivity contribution in [2.75, 3.05) is 6.54 Å². The molecule has 0 bridgehead atoms. The van der Waals surface area contributed by atoms with Gasteiger partial charge in [0.1, 0.15) is 5.84 Å². The molecule has 0 aromatic heterocycles. The third-order valence-corrected chi connectivity index (χ3v) is 0.700. The molecule has 0 atom stereocenters. The Bertz CT molecular complexity index is 75.6. The van der Waals surface area contributed by atoms with Gasteiger partial charge in [-0.05, 0) is 6.42 Å². The Hall–Kier alpha value is -0.530. The molecule has 0 amide bonds. The van der Waals surface area contributed by atoms with Crippen LogP contribution in [0.15, 0.2) is 4.99 Å². The van der Waals surface area contributed by atoms with E-state index in [2.05, 4.69) is 11.4 Å². The molecule has 1 rings (SSSR count). The summed E-state index contributed by atoms with van der Waals surface area (Å²) in [5.41, 5.74) is 5.17. The highest BCUT2D eigenvalue weighted by Crippen LogP contribution is 1.95. The summed E-state index contributed by atoms with van der Waals surface area (Å²) in [6.45, 7) is 0.839. The first kappa shape index (κ1) is 3.65. The van der Waals surface area contributed by atoms with E-state index in [1.165, 1.54) is 0 Å². The molecule has 1 aliphatic rings. The minimum Gasteiger partial charge on any atom is -0.387 e. The van der Waals surface area contributed by atoms with Gasteiger partial charge >= 0.3 is 0 Å². The Morgan fingerprint density at radius 3 is 2.83 bits per heavy atom. The Morgan fingerprint density at radius 2 is 2.67 bits per heavy atom. The van der Waals surface area contributed by atoms with E-state index in [0.717, 1.165) is 13.0 Å². The van der Waals surface area contributed by atoms with Crippen LogP contribution in [0.25, 0.3) is 0 Å². The summed E-state index contributed by atoms with van der Waals surface area (Å²) >= 11 is 0. The van der Waals surface area contributed by atoms with Crippen LogP contribution in [-0.4, -0.2) is 12.4 Å². The number of nitrogens with zero attached hydrogens (tertiary/aromatic N) is 1. The van der Waals surface area contributed by atoms with Crippen molar-refractivity contribution in [1.29, 1.82) is 0 Å². The van der Waals surface area contributed by atoms with E-state index in [0.29, 0.717) is 5.84 Å². The third-order valence-electron chi connectivity index (χ3n) is 0.700. The number of aliphatic imine (C=N–C) groups is 1. The van der Waals surface area contributed by atoms with Gasteiger partial charge in [-0.2, -0.15) is 0 Å². The fourth-order valence-corrected chi connectivity index (χ4v) is 0.416. The smallest absolute Gasteiger partial charge is 0.102 e. The summed E-state index contributed by atoms with van der Waals surface area (Å²) in [5, 5.41) is 0. The summed E-state index contributed by atoms with van der Waals surface area (Å²) < 4.78 is 0. The third kappa shape index (κ3) is 0.506. The Morgan fingerprint density at radius 1 is 1.83 bits per heavy atom. The summed E-state index contributed by atoms with van der Waals surface area (Å²) in [6, 6.07) is 0. The first-order valence-electron chi connectivity index (χ1n) is 1.93. The van der Waals surface area contributed by atoms with Crippen LogP contribution in [0, 0.1) is 6.42 Å². The molecule has 2 N–H and O–H groups in total. The molecule has 1 aliphatic heterocycles. The second-order valence-corrected chi connectivity index (χ2v) is 1.19. The van der Waals surface area contributed by atoms with Gasteiger partial charge < -0.3 is 5.73 Å². The molecule has 1 heterocycles. The lowest BCUT2D eigenvalue weighted by Gasteiger charge is -1.76. The van der Waals surface area contributed by atoms with Gasteiger partial charge in [0.15, 0.2) is 0 Å². The van der Waals surface area contributed by atoms with Gasteiger partial charge in [-0.1, -0.05) is 0 Å². The van der Waals surface area contributed by atoms with E-state index < -0.39 is 0 Å². The summed E-state index contributed by atoms with van der Waals surface area (Å²) in [5.74, 6) is 0.579. The molecule has 0 aliphatic carbocycles. The molecular formula is C4H6N2. The van der Waals surface area contributed by atoms with Crippen LogP contribution in [0.3, 0.4) is 0 Å². The van der Waals surface area contributed by atoms with Crippen molar-refractivity contribution >= 4 is 5.84 Å². The Kier molecular flexibility index (Phi) is 0.783. The zero-order valence-electron chi connectivity index (χ0n) is 3.44. The van der Waals surface area contributed by atoms with Gasteiger partial charge in [0.25, 0.3) is 0 Å². The molecule has 2 heteroatoms. The zero-order valence-corrected chi connectivity index (χ0v) is 3.44. The van der Waals surface area contributed by atoms with E-state index in [4.69, 9.17) is 5.73 Å². The second kappa shape index (κ2) is 1.29. The van der Waals surface area contributed by atoms with E-state index in [9.17, 15) is 0 Å². The van der Waals surface area contributed by atoms with Crippen molar-refractivity contribution < 1.29 is 0 Å². The van der Waals surface area contributed by atoms with E-state index in [-0.39, 0.29) is 0 Å². The highest BCUT2D eigenvalue weighted by molar-refractivity contribution is 5.90. The van der Waals surface area contributed by atoms with Crippen molar-refractivity contribution in [2.24, 2.45) is 10.7 Å². The monoisotopic (exact) mass is 82.1 g/mol. The first-order chi connectivity index (χ1) is 2.89. The topological polar surface area (TPSA) is 38.4 Å². The van der Waals surface area contributed by atoms with Gasteiger partial charge in [0.2, 0.25) is 0 Å². The van der Waals surface area contributed by atoms with Crippen LogP contribution in [-0.2, 0) is 0 Å². The van der Waals surface area contributed by atoms with Gasteiger partial charge in [0.05, 0.1) is 6.42 Å². The SMILES string of the molecule is NC1=NCC[C]1. The number of rotatable bonds is 0. The molecule has 0 fully saturated rings. The maximum Gasteiger partial charge on any atom is 0.102 e. The van der Waals surface area contributed by atoms with Gasteiger partial charge in [0, 0.05) is 6.54 Å². The van der Waals surface area contributed by atoms with E-state index in [1.807, 2.05) is 0 Å². The summed E-state index contributed by atoms with van der Waals surface area (Å²) in [4.78, 5) is 3.82. The predicted octanol–water partition coefficient (Wildman–Crippen LogP) is -0.171. The predicted molar refractivity (Wildman–Crippen MR) is 24.3 cm³/mol. The lowest BCUT2D eigenvalue weighted by atomic mass is 10.3. The van der Waals surface area contributed by atoms with Crippen LogP contribution >= 0.6 is 0 Å². The highest BCUT2D eigenvalue weighted by Gasteiger charge is 1.99. The normalized spacial score (nSPS) is 21.0. The van der Waals surface area contributed by atoms with Gasteiger partial charge in [-0.15, -0.1) is 0 Å². The molecule has 6 heavy (non-hydrogen) atoms. The van der Waals surface area contributed by atoms with Crippen molar-refractivity contribution in [3.05, 3.63) is 6.42 Å². The molecule has 32 valence electrons. The second-order valence-electron chi connectivity index (χ2n) is 1.19. The molecule has 2 nitrogen and oxygen atoms in total. The standard InChI is InChI=1S/C4H6N2/c5-4-2-1-3-6-4/h1,3H2,(H2,5,6). The molecular weight excluding hydrogens is 76.1 g/mol. The molecule has 0 spiro atoms. The molecule has 0 unspecified atom stereocenters. The fraction of sp³-hybridized carbons (Fsp3) is 0.500. The van der Waals surface area contributed by atoms with E-state index >= 15 is 0 Å². The molecule has 0 saturated carbocycles. The molecule has 0 aromatic rings. The minimum absolute atomic E-state index is 0.579. The first-order valence-corrected chi connectivity index (χ1v) is 1.93. The van der Waals surface area contributed by atoms with Crippen LogP contribution in [0.4, 0.5) is 0 Å². The lowest BCUT2D eigenvalue weighted by Crippen LogP contribution is -2.06. The largest absolute Gasteiger partial charge is 0.387 e. The Labute approximate surface area is 37.1 Å². The maximum atomic E-state index is 5.17. The van der Waals surface area contributed by atoms with Crippen molar-refractivity contribution in [3.63, 3.8) is 0 Å². The van der Waals surface area contributed by atoms with Crippen LogP contribution in [0.2, 0.25) is 0 Å². The highest BCUT2D eigenvalue weighted by atomic mass is 14.9. The number of nitrogens with two attached hydrogens (primary N) is 1. The number of hydrogen-bond donors (Lipinski definition) is 1. The average Bonchev–Trinajstić information content (AvgIpc) is 1.86. The quantitative estimate of drug-likeness (QED) is 0.433. The molecule has 0 aromatic carbocycles. The lowest BCUT2D eigenvalue weighted by molar-refractivity contribution is 1.04. The summed E-state index contributed by atoms with van der Waals surface area (Å²) in [6.07, 6.45) is 3.76. The average molecular weight is 82.1 g/mol. The van der Waals surface area contributed by atoms with Gasteiger partial charge in [-0.3, -0.25) is 4.99 Å². The molecule has 0 saturated heterocycles. The Balaban J connectivity index is 2.45. The number of hydrogen-bond acceptors (Lipinski definition) is 2. The van der Waals surface area contributed by atoms with Crippen LogP contribution < -0.4 is 5.73 Å². The van der Waals surface area contributed by atoms with Crippen LogP contribution in [0.5, 0.6) is 0 Å². The minimum atomic E-state index is 0.579.